The Hall–Kier alpha value is -3.28. The van der Waals surface area contributed by atoms with E-state index < -0.39 is 6.04 Å². The normalized spacial score (nSPS) is 13.1. The van der Waals surface area contributed by atoms with Crippen LogP contribution in [0.3, 0.4) is 0 Å². The number of amides is 2. The number of benzene rings is 2. The summed E-state index contributed by atoms with van der Waals surface area (Å²) >= 11 is 0. The van der Waals surface area contributed by atoms with Crippen LogP contribution < -0.4 is 15.4 Å². The van der Waals surface area contributed by atoms with Gasteiger partial charge < -0.3 is 19.8 Å². The SMILES string of the molecule is COc1ccc(C(=O)NC(C(=O)NC(C)c2cc3ccccc3o2)C(C)C)cc1. The van der Waals surface area contributed by atoms with Crippen LogP contribution in [0.25, 0.3) is 11.0 Å². The van der Waals surface area contributed by atoms with E-state index in [1.165, 1.54) is 0 Å². The van der Waals surface area contributed by atoms with Crippen molar-refractivity contribution >= 4 is 22.8 Å². The molecule has 0 saturated carbocycles. The zero-order chi connectivity index (χ0) is 21.0. The molecule has 152 valence electrons. The Morgan fingerprint density at radius 1 is 0.966 bits per heavy atom. The molecule has 0 bridgehead atoms. The van der Waals surface area contributed by atoms with Crippen LogP contribution in [-0.2, 0) is 4.79 Å². The van der Waals surface area contributed by atoms with E-state index in [4.69, 9.17) is 9.15 Å². The smallest absolute Gasteiger partial charge is 0.251 e. The quantitative estimate of drug-likeness (QED) is 0.633. The molecule has 3 aromatic rings. The van der Waals surface area contributed by atoms with Gasteiger partial charge in [-0.1, -0.05) is 32.0 Å². The summed E-state index contributed by atoms with van der Waals surface area (Å²) in [5.74, 6) is 0.690. The van der Waals surface area contributed by atoms with E-state index in [1.807, 2.05) is 51.1 Å². The summed E-state index contributed by atoms with van der Waals surface area (Å²) in [6.07, 6.45) is 0. The van der Waals surface area contributed by atoms with Crippen LogP contribution in [0.2, 0.25) is 0 Å². The van der Waals surface area contributed by atoms with Gasteiger partial charge in [-0.15, -0.1) is 0 Å². The maximum absolute atomic E-state index is 12.9. The summed E-state index contributed by atoms with van der Waals surface area (Å²) in [7, 11) is 1.57. The second-order valence-electron chi connectivity index (χ2n) is 7.34. The molecule has 2 unspecified atom stereocenters. The van der Waals surface area contributed by atoms with Crippen molar-refractivity contribution in [2.24, 2.45) is 5.92 Å². The number of ether oxygens (including phenoxy) is 1. The third-order valence-corrected chi connectivity index (χ3v) is 4.82. The lowest BCUT2D eigenvalue weighted by Gasteiger charge is -2.23. The fourth-order valence-corrected chi connectivity index (χ4v) is 3.09. The number of fused-ring (bicyclic) bond motifs is 1. The second-order valence-corrected chi connectivity index (χ2v) is 7.34. The molecule has 0 spiro atoms. The molecule has 1 aromatic heterocycles. The summed E-state index contributed by atoms with van der Waals surface area (Å²) in [5.41, 5.74) is 1.24. The topological polar surface area (TPSA) is 80.6 Å². The molecule has 0 radical (unpaired) electrons. The molecule has 6 nitrogen and oxygen atoms in total. The molecule has 0 aliphatic rings. The summed E-state index contributed by atoms with van der Waals surface area (Å²) in [6.45, 7) is 5.65. The molecule has 1 heterocycles. The average molecular weight is 394 g/mol. The van der Waals surface area contributed by atoms with Crippen molar-refractivity contribution < 1.29 is 18.7 Å². The van der Waals surface area contributed by atoms with Crippen molar-refractivity contribution in [2.75, 3.05) is 7.11 Å². The van der Waals surface area contributed by atoms with E-state index in [2.05, 4.69) is 10.6 Å². The van der Waals surface area contributed by atoms with Crippen LogP contribution in [0.15, 0.2) is 59.0 Å². The number of nitrogens with one attached hydrogen (secondary N) is 2. The van der Waals surface area contributed by atoms with Gasteiger partial charge in [-0.25, -0.2) is 0 Å². The largest absolute Gasteiger partial charge is 0.497 e. The molecule has 0 aliphatic heterocycles. The lowest BCUT2D eigenvalue weighted by molar-refractivity contribution is -0.124. The first kappa shape index (κ1) is 20.5. The van der Waals surface area contributed by atoms with Gasteiger partial charge in [0.05, 0.1) is 13.2 Å². The number of carbonyl (C=O) groups excluding carboxylic acids is 2. The number of carbonyl (C=O) groups is 2. The highest BCUT2D eigenvalue weighted by Crippen LogP contribution is 2.23. The van der Waals surface area contributed by atoms with Gasteiger partial charge in [-0.2, -0.15) is 0 Å². The molecule has 0 saturated heterocycles. The van der Waals surface area contributed by atoms with Crippen LogP contribution in [0.1, 0.15) is 42.9 Å². The summed E-state index contributed by atoms with van der Waals surface area (Å²) in [5, 5.41) is 6.76. The summed E-state index contributed by atoms with van der Waals surface area (Å²) in [4.78, 5) is 25.4. The first-order valence-electron chi connectivity index (χ1n) is 9.63. The Bertz CT molecular complexity index is 959. The number of hydrogen-bond acceptors (Lipinski definition) is 4. The minimum absolute atomic E-state index is 0.0833. The number of para-hydroxylation sites is 1. The van der Waals surface area contributed by atoms with Crippen LogP contribution in [0.5, 0.6) is 5.75 Å². The minimum atomic E-state index is -0.670. The molecule has 2 amide bonds. The molecular formula is C23H26N2O4. The Kier molecular flexibility index (Phi) is 6.22. The maximum atomic E-state index is 12.9. The highest BCUT2D eigenvalue weighted by molar-refractivity contribution is 5.97. The Morgan fingerprint density at radius 3 is 2.28 bits per heavy atom. The Labute approximate surface area is 170 Å². The van der Waals surface area contributed by atoms with Gasteiger partial charge in [0.15, 0.2) is 0 Å². The molecule has 0 fully saturated rings. The van der Waals surface area contributed by atoms with Crippen molar-refractivity contribution in [1.29, 1.82) is 0 Å². The Balaban J connectivity index is 1.68. The van der Waals surface area contributed by atoms with Crippen molar-refractivity contribution in [3.8, 4) is 5.75 Å². The maximum Gasteiger partial charge on any atom is 0.251 e. The predicted molar refractivity (Wildman–Crippen MR) is 112 cm³/mol. The molecule has 2 atom stereocenters. The van der Waals surface area contributed by atoms with Crippen molar-refractivity contribution in [3.63, 3.8) is 0 Å². The molecule has 2 aromatic carbocycles. The monoisotopic (exact) mass is 394 g/mol. The average Bonchev–Trinajstić information content (AvgIpc) is 3.16. The fourth-order valence-electron chi connectivity index (χ4n) is 3.09. The molecule has 0 aliphatic carbocycles. The number of rotatable bonds is 7. The standard InChI is InChI=1S/C23H26N2O4/c1-14(2)21(25-22(26)16-9-11-18(28-4)12-10-16)23(27)24-15(3)20-13-17-7-5-6-8-19(17)29-20/h5-15,21H,1-4H3,(H,24,27)(H,25,26). The fraction of sp³-hybridized carbons (Fsp3) is 0.304. The van der Waals surface area contributed by atoms with Crippen LogP contribution in [-0.4, -0.2) is 25.0 Å². The van der Waals surface area contributed by atoms with Crippen molar-refractivity contribution in [1.82, 2.24) is 10.6 Å². The first-order valence-corrected chi connectivity index (χ1v) is 9.63. The van der Waals surface area contributed by atoms with Gasteiger partial charge >= 0.3 is 0 Å². The van der Waals surface area contributed by atoms with Gasteiger partial charge in [0.25, 0.3) is 5.91 Å². The van der Waals surface area contributed by atoms with E-state index in [-0.39, 0.29) is 23.8 Å². The zero-order valence-electron chi connectivity index (χ0n) is 17.1. The zero-order valence-corrected chi connectivity index (χ0v) is 17.1. The lowest BCUT2D eigenvalue weighted by atomic mass is 10.0. The first-order chi connectivity index (χ1) is 13.9. The van der Waals surface area contributed by atoms with Crippen LogP contribution in [0.4, 0.5) is 0 Å². The number of furan rings is 1. The second kappa shape index (κ2) is 8.82. The van der Waals surface area contributed by atoms with E-state index in [0.717, 1.165) is 11.0 Å². The van der Waals surface area contributed by atoms with E-state index >= 15 is 0 Å². The summed E-state index contributed by atoms with van der Waals surface area (Å²) in [6, 6.07) is 15.4. The molecule has 2 N–H and O–H groups in total. The highest BCUT2D eigenvalue weighted by Gasteiger charge is 2.26. The van der Waals surface area contributed by atoms with Crippen molar-refractivity contribution in [2.45, 2.75) is 32.9 Å². The number of hydrogen-bond donors (Lipinski definition) is 2. The highest BCUT2D eigenvalue weighted by atomic mass is 16.5. The van der Waals surface area contributed by atoms with Gasteiger partial charge in [-0.05, 0) is 49.2 Å². The van der Waals surface area contributed by atoms with E-state index in [9.17, 15) is 9.59 Å². The predicted octanol–water partition coefficient (Wildman–Crippen LogP) is 4.07. The van der Waals surface area contributed by atoms with Gasteiger partial charge in [0, 0.05) is 10.9 Å². The van der Waals surface area contributed by atoms with Gasteiger partial charge in [-0.3, -0.25) is 9.59 Å². The molecule has 3 rings (SSSR count). The summed E-state index contributed by atoms with van der Waals surface area (Å²) < 4.78 is 10.9. The third kappa shape index (κ3) is 4.77. The van der Waals surface area contributed by atoms with E-state index in [1.54, 1.807) is 31.4 Å². The van der Waals surface area contributed by atoms with Crippen LogP contribution >= 0.6 is 0 Å². The number of methoxy groups -OCH3 is 1. The molecule has 6 heteroatoms. The van der Waals surface area contributed by atoms with Gasteiger partial charge in [0.2, 0.25) is 5.91 Å². The minimum Gasteiger partial charge on any atom is -0.497 e. The van der Waals surface area contributed by atoms with Crippen molar-refractivity contribution in [3.05, 3.63) is 65.9 Å². The third-order valence-electron chi connectivity index (χ3n) is 4.82. The molecule has 29 heavy (non-hydrogen) atoms. The lowest BCUT2D eigenvalue weighted by Crippen LogP contribution is -2.50. The van der Waals surface area contributed by atoms with E-state index in [0.29, 0.717) is 17.1 Å². The molecular weight excluding hydrogens is 368 g/mol. The van der Waals surface area contributed by atoms with Crippen LogP contribution in [0, 0.1) is 5.92 Å². The Morgan fingerprint density at radius 2 is 1.66 bits per heavy atom. The van der Waals surface area contributed by atoms with Gasteiger partial charge in [0.1, 0.15) is 23.1 Å².